The van der Waals surface area contributed by atoms with Gasteiger partial charge in [0.25, 0.3) is 0 Å². The van der Waals surface area contributed by atoms with E-state index in [9.17, 15) is 0 Å². The highest BCUT2D eigenvalue weighted by molar-refractivity contribution is 6.28. The molecule has 0 saturated heterocycles. The summed E-state index contributed by atoms with van der Waals surface area (Å²) < 4.78 is 7.08. The summed E-state index contributed by atoms with van der Waals surface area (Å²) in [6, 6.07) is 8.10. The van der Waals surface area contributed by atoms with Gasteiger partial charge in [-0.1, -0.05) is 12.1 Å². The van der Waals surface area contributed by atoms with Gasteiger partial charge in [-0.2, -0.15) is 0 Å². The van der Waals surface area contributed by atoms with Crippen molar-refractivity contribution in [3.05, 3.63) is 40.9 Å². The van der Waals surface area contributed by atoms with Crippen LogP contribution < -0.4 is 0 Å². The van der Waals surface area contributed by atoms with Crippen LogP contribution in [0.4, 0.5) is 0 Å². The van der Waals surface area contributed by atoms with Crippen LogP contribution in [0.25, 0.3) is 5.69 Å². The predicted molar refractivity (Wildman–Crippen MR) is 69.1 cm³/mol. The molecule has 3 rings (SSSR count). The van der Waals surface area contributed by atoms with Gasteiger partial charge in [0.1, 0.15) is 5.82 Å². The first-order valence-electron chi connectivity index (χ1n) is 5.98. The number of aromatic nitrogens is 3. The summed E-state index contributed by atoms with van der Waals surface area (Å²) >= 11 is 6.14. The molecule has 1 aliphatic rings. The molecule has 1 aromatic heterocycles. The van der Waals surface area contributed by atoms with Gasteiger partial charge in [0, 0.05) is 13.0 Å². The van der Waals surface area contributed by atoms with Crippen LogP contribution in [-0.4, -0.2) is 21.9 Å². The normalized spacial score (nSPS) is 15.0. The van der Waals surface area contributed by atoms with E-state index in [2.05, 4.69) is 16.3 Å². The number of methoxy groups -OCH3 is 1. The number of nitrogens with zero attached hydrogens (tertiary/aromatic N) is 3. The lowest BCUT2D eigenvalue weighted by molar-refractivity contribution is 0.185. The third kappa shape index (κ3) is 2.13. The molecular weight excluding hydrogens is 250 g/mol. The van der Waals surface area contributed by atoms with Gasteiger partial charge >= 0.3 is 0 Å². The van der Waals surface area contributed by atoms with Crippen molar-refractivity contribution in [1.82, 2.24) is 14.8 Å². The van der Waals surface area contributed by atoms with Crippen molar-refractivity contribution in [3.63, 3.8) is 0 Å². The summed E-state index contributed by atoms with van der Waals surface area (Å²) in [6.07, 6.45) is 2.35. The maximum absolute atomic E-state index is 6.14. The lowest BCUT2D eigenvalue weighted by Gasteiger charge is -2.09. The molecule has 5 heteroatoms. The van der Waals surface area contributed by atoms with E-state index in [1.807, 2.05) is 22.8 Å². The average Bonchev–Trinajstić information content (AvgIpc) is 3.14. The smallest absolute Gasteiger partial charge is 0.229 e. The number of hydrogen-bond donors (Lipinski definition) is 0. The summed E-state index contributed by atoms with van der Waals surface area (Å²) in [5, 5.41) is 8.58. The second-order valence-corrected chi connectivity index (χ2v) is 4.88. The Morgan fingerprint density at radius 2 is 2.22 bits per heavy atom. The zero-order valence-corrected chi connectivity index (χ0v) is 10.9. The second-order valence-electron chi connectivity index (χ2n) is 4.54. The zero-order chi connectivity index (χ0) is 12.5. The van der Waals surface area contributed by atoms with Crippen LogP contribution >= 0.6 is 11.6 Å². The first-order chi connectivity index (χ1) is 8.79. The highest BCUT2D eigenvalue weighted by Gasteiger charge is 2.30. The fraction of sp³-hybridized carbons (Fsp3) is 0.385. The van der Waals surface area contributed by atoms with Crippen LogP contribution in [0.3, 0.4) is 0 Å². The molecule has 1 aromatic carbocycles. The van der Waals surface area contributed by atoms with Crippen molar-refractivity contribution in [2.24, 2.45) is 0 Å². The van der Waals surface area contributed by atoms with Crippen LogP contribution in [0.15, 0.2) is 24.3 Å². The summed E-state index contributed by atoms with van der Waals surface area (Å²) in [4.78, 5) is 0. The highest BCUT2D eigenvalue weighted by Crippen LogP contribution is 2.40. The minimum absolute atomic E-state index is 0.423. The van der Waals surface area contributed by atoms with E-state index in [4.69, 9.17) is 16.3 Å². The van der Waals surface area contributed by atoms with Crippen molar-refractivity contribution < 1.29 is 4.74 Å². The van der Waals surface area contributed by atoms with Crippen LogP contribution in [0, 0.1) is 0 Å². The Labute approximate surface area is 111 Å². The zero-order valence-electron chi connectivity index (χ0n) is 10.1. The van der Waals surface area contributed by atoms with Gasteiger partial charge in [-0.15, -0.1) is 10.2 Å². The van der Waals surface area contributed by atoms with E-state index in [0.717, 1.165) is 17.1 Å². The number of benzene rings is 1. The standard InChI is InChI=1S/C13H14ClN3O/c1-18-8-9-3-2-4-11(7-9)17-12(10-5-6-10)15-16-13(17)14/h2-4,7,10H,5-6,8H2,1H3. The van der Waals surface area contributed by atoms with Gasteiger partial charge in [-0.05, 0) is 42.1 Å². The van der Waals surface area contributed by atoms with E-state index in [1.165, 1.54) is 12.8 Å². The van der Waals surface area contributed by atoms with E-state index >= 15 is 0 Å². The van der Waals surface area contributed by atoms with Gasteiger partial charge < -0.3 is 4.74 Å². The SMILES string of the molecule is COCc1cccc(-n2c(Cl)nnc2C2CC2)c1. The maximum atomic E-state index is 6.14. The molecule has 0 N–H and O–H groups in total. The van der Waals surface area contributed by atoms with Crippen molar-refractivity contribution in [2.45, 2.75) is 25.4 Å². The minimum Gasteiger partial charge on any atom is -0.380 e. The number of hydrogen-bond acceptors (Lipinski definition) is 3. The molecule has 2 aromatic rings. The summed E-state index contributed by atoms with van der Waals surface area (Å²) in [5.41, 5.74) is 2.11. The maximum Gasteiger partial charge on any atom is 0.229 e. The molecule has 18 heavy (non-hydrogen) atoms. The van der Waals surface area contributed by atoms with E-state index in [0.29, 0.717) is 17.8 Å². The van der Waals surface area contributed by atoms with E-state index < -0.39 is 0 Å². The van der Waals surface area contributed by atoms with E-state index in [-0.39, 0.29) is 0 Å². The molecule has 0 spiro atoms. The van der Waals surface area contributed by atoms with E-state index in [1.54, 1.807) is 7.11 Å². The Morgan fingerprint density at radius 1 is 1.39 bits per heavy atom. The second kappa shape index (κ2) is 4.71. The Hall–Kier alpha value is -1.39. The number of ether oxygens (including phenoxy) is 1. The molecule has 0 aliphatic heterocycles. The summed E-state index contributed by atoms with van der Waals surface area (Å²) in [6.45, 7) is 0.590. The third-order valence-electron chi connectivity index (χ3n) is 3.07. The molecule has 1 fully saturated rings. The number of halogens is 1. The molecule has 0 amide bonds. The van der Waals surface area contributed by atoms with Crippen molar-refractivity contribution in [3.8, 4) is 5.69 Å². The lowest BCUT2D eigenvalue weighted by Crippen LogP contribution is -2.01. The molecule has 0 bridgehead atoms. The van der Waals surface area contributed by atoms with Crippen LogP contribution in [0.1, 0.15) is 30.1 Å². The van der Waals surface area contributed by atoms with Crippen molar-refractivity contribution in [2.75, 3.05) is 7.11 Å². The average molecular weight is 264 g/mol. The van der Waals surface area contributed by atoms with Gasteiger partial charge in [-0.25, -0.2) is 0 Å². The first-order valence-corrected chi connectivity index (χ1v) is 6.36. The molecule has 0 radical (unpaired) electrons. The molecule has 1 aliphatic carbocycles. The molecule has 94 valence electrons. The molecule has 1 saturated carbocycles. The molecular formula is C13H14ClN3O. The molecule has 0 unspecified atom stereocenters. The van der Waals surface area contributed by atoms with Gasteiger partial charge in [0.15, 0.2) is 0 Å². The quantitative estimate of drug-likeness (QED) is 0.851. The topological polar surface area (TPSA) is 39.9 Å². The fourth-order valence-electron chi connectivity index (χ4n) is 2.07. The third-order valence-corrected chi connectivity index (χ3v) is 3.32. The molecule has 4 nitrogen and oxygen atoms in total. The van der Waals surface area contributed by atoms with Crippen molar-refractivity contribution >= 4 is 11.6 Å². The van der Waals surface area contributed by atoms with Crippen LogP contribution in [-0.2, 0) is 11.3 Å². The monoisotopic (exact) mass is 263 g/mol. The molecule has 1 heterocycles. The van der Waals surface area contributed by atoms with Gasteiger partial charge in [0.2, 0.25) is 5.28 Å². The summed E-state index contributed by atoms with van der Waals surface area (Å²) in [7, 11) is 1.69. The van der Waals surface area contributed by atoms with Crippen LogP contribution in [0.2, 0.25) is 5.28 Å². The Bertz CT molecular complexity index is 563. The molecule has 0 atom stereocenters. The summed E-state index contributed by atoms with van der Waals surface area (Å²) in [5.74, 6) is 1.48. The predicted octanol–water partition coefficient (Wildman–Crippen LogP) is 2.94. The van der Waals surface area contributed by atoms with Gasteiger partial charge in [-0.3, -0.25) is 4.57 Å². The Morgan fingerprint density at radius 3 is 2.94 bits per heavy atom. The number of rotatable bonds is 4. The fourth-order valence-corrected chi connectivity index (χ4v) is 2.29. The largest absolute Gasteiger partial charge is 0.380 e. The highest BCUT2D eigenvalue weighted by atomic mass is 35.5. The minimum atomic E-state index is 0.423. The Balaban J connectivity index is 2.03. The lowest BCUT2D eigenvalue weighted by atomic mass is 10.2. The van der Waals surface area contributed by atoms with Gasteiger partial charge in [0.05, 0.1) is 12.3 Å². The first kappa shape index (κ1) is 11.7. The Kier molecular flexibility index (Phi) is 3.06. The van der Waals surface area contributed by atoms with Crippen molar-refractivity contribution in [1.29, 1.82) is 0 Å². The van der Waals surface area contributed by atoms with Crippen LogP contribution in [0.5, 0.6) is 0 Å².